The molecule has 22 heavy (non-hydrogen) atoms. The highest BCUT2D eigenvalue weighted by molar-refractivity contribution is 8.20. The molecule has 9 heteroatoms. The zero-order valence-corrected chi connectivity index (χ0v) is 14.9. The molecule has 0 radical (unpaired) electrons. The maximum absolute atomic E-state index is 12.1. The van der Waals surface area contributed by atoms with E-state index in [0.717, 1.165) is 12.3 Å². The van der Waals surface area contributed by atoms with Crippen molar-refractivity contribution in [1.29, 1.82) is 0 Å². The second-order valence-corrected chi connectivity index (χ2v) is 8.56. The van der Waals surface area contributed by atoms with Crippen molar-refractivity contribution >= 4 is 35.6 Å². The maximum Gasteiger partial charge on any atom is 0.426 e. The van der Waals surface area contributed by atoms with Gasteiger partial charge in [-0.05, 0) is 27.7 Å². The number of esters is 1. The molecule has 7 nitrogen and oxygen atoms in total. The van der Waals surface area contributed by atoms with Crippen LogP contribution >= 0.6 is 23.5 Å². The van der Waals surface area contributed by atoms with Crippen LogP contribution in [0.4, 0.5) is 4.79 Å². The minimum atomic E-state index is -0.634. The van der Waals surface area contributed by atoms with Crippen molar-refractivity contribution in [2.75, 3.05) is 19.4 Å². The van der Waals surface area contributed by atoms with Gasteiger partial charge in [-0.2, -0.15) is 0 Å². The van der Waals surface area contributed by atoms with E-state index in [1.54, 1.807) is 44.5 Å². The van der Waals surface area contributed by atoms with Gasteiger partial charge in [0.1, 0.15) is 10.5 Å². The molecule has 0 aliphatic carbocycles. The third-order valence-corrected chi connectivity index (χ3v) is 5.92. The Bertz CT molecular complexity index is 510. The molecule has 0 bridgehead atoms. The number of nitrogens with zero attached hydrogens (tertiary/aromatic N) is 1. The highest BCUT2D eigenvalue weighted by atomic mass is 32.2. The number of thioether (sulfide) groups is 2. The number of hydrogen-bond donors (Lipinski definition) is 2. The Hall–Kier alpha value is -1.06. The fraction of sp³-hybridized carbons (Fsp3) is 0.692. The fourth-order valence-electron chi connectivity index (χ4n) is 2.07. The van der Waals surface area contributed by atoms with Gasteiger partial charge in [0.2, 0.25) is 4.33 Å². The molecule has 2 heterocycles. The quantitative estimate of drug-likeness (QED) is 0.733. The van der Waals surface area contributed by atoms with Gasteiger partial charge < -0.3 is 9.47 Å². The van der Waals surface area contributed by atoms with E-state index < -0.39 is 22.0 Å². The van der Waals surface area contributed by atoms with Crippen molar-refractivity contribution in [3.63, 3.8) is 0 Å². The standard InChI is InChI=1S/C13H21N3O4S2/c1-8-9(10(17)19-5)22-13(14-6-7-21-13)16(8)15-11(18)20-12(2,3)4/h14H,6-7H2,1-5H3,(H,15,18). The first-order valence-corrected chi connectivity index (χ1v) is 8.66. The Labute approximate surface area is 138 Å². The van der Waals surface area contributed by atoms with E-state index in [1.807, 2.05) is 0 Å². The molecule has 2 rings (SSSR count). The summed E-state index contributed by atoms with van der Waals surface area (Å²) in [6.07, 6.45) is -0.563. The van der Waals surface area contributed by atoms with E-state index in [-0.39, 0.29) is 0 Å². The van der Waals surface area contributed by atoms with Crippen LogP contribution in [0.5, 0.6) is 0 Å². The first-order chi connectivity index (χ1) is 10.2. The van der Waals surface area contributed by atoms with Gasteiger partial charge >= 0.3 is 12.1 Å². The van der Waals surface area contributed by atoms with Crippen LogP contribution in [0.15, 0.2) is 10.6 Å². The molecule has 0 aromatic rings. The molecule has 0 aromatic carbocycles. The summed E-state index contributed by atoms with van der Waals surface area (Å²) in [6.45, 7) is 7.95. The van der Waals surface area contributed by atoms with Crippen LogP contribution in [-0.2, 0) is 14.3 Å². The number of amides is 1. The van der Waals surface area contributed by atoms with Crippen LogP contribution in [0.2, 0.25) is 0 Å². The highest BCUT2D eigenvalue weighted by Gasteiger charge is 2.51. The van der Waals surface area contributed by atoms with E-state index >= 15 is 0 Å². The van der Waals surface area contributed by atoms with E-state index in [2.05, 4.69) is 10.7 Å². The van der Waals surface area contributed by atoms with Crippen LogP contribution < -0.4 is 10.7 Å². The smallest absolute Gasteiger partial charge is 0.426 e. The molecule has 124 valence electrons. The lowest BCUT2D eigenvalue weighted by molar-refractivity contribution is -0.135. The van der Waals surface area contributed by atoms with E-state index in [1.165, 1.54) is 18.9 Å². The molecule has 1 saturated heterocycles. The SMILES string of the molecule is COC(=O)C1=C(C)N(NC(=O)OC(C)(C)C)C2(NCCS2)S1. The number of hydrogen-bond acceptors (Lipinski definition) is 8. The summed E-state index contributed by atoms with van der Waals surface area (Å²) in [5.74, 6) is 0.464. The predicted molar refractivity (Wildman–Crippen MR) is 86.7 cm³/mol. The van der Waals surface area contributed by atoms with Crippen LogP contribution in [0.3, 0.4) is 0 Å². The van der Waals surface area contributed by atoms with Crippen molar-refractivity contribution in [3.8, 4) is 0 Å². The summed E-state index contributed by atoms with van der Waals surface area (Å²) in [7, 11) is 1.34. The molecular formula is C13H21N3O4S2. The van der Waals surface area contributed by atoms with E-state index in [4.69, 9.17) is 9.47 Å². The lowest BCUT2D eigenvalue weighted by Crippen LogP contribution is -2.56. The largest absolute Gasteiger partial charge is 0.465 e. The average Bonchev–Trinajstić information content (AvgIpc) is 2.97. The fourth-order valence-corrected chi connectivity index (χ4v) is 4.93. The molecule has 2 aliphatic heterocycles. The van der Waals surface area contributed by atoms with Gasteiger partial charge in [-0.15, -0.1) is 11.8 Å². The number of hydrazine groups is 1. The summed E-state index contributed by atoms with van der Waals surface area (Å²) in [5.41, 5.74) is 2.76. The van der Waals surface area contributed by atoms with Crippen LogP contribution in [0.25, 0.3) is 0 Å². The average molecular weight is 347 g/mol. The highest BCUT2D eigenvalue weighted by Crippen LogP contribution is 2.52. The molecule has 1 unspecified atom stereocenters. The van der Waals surface area contributed by atoms with Crippen molar-refractivity contribution in [1.82, 2.24) is 15.8 Å². The topological polar surface area (TPSA) is 79.9 Å². The van der Waals surface area contributed by atoms with Crippen LogP contribution in [0.1, 0.15) is 27.7 Å². The van der Waals surface area contributed by atoms with Gasteiger partial charge in [0.25, 0.3) is 0 Å². The Morgan fingerprint density at radius 2 is 2.09 bits per heavy atom. The summed E-state index contributed by atoms with van der Waals surface area (Å²) in [6, 6.07) is 0. The third-order valence-electron chi connectivity index (χ3n) is 2.92. The number of allylic oxidation sites excluding steroid dienone is 1. The van der Waals surface area contributed by atoms with E-state index in [0.29, 0.717) is 10.6 Å². The lowest BCUT2D eigenvalue weighted by atomic mass is 10.2. The predicted octanol–water partition coefficient (Wildman–Crippen LogP) is 1.83. The van der Waals surface area contributed by atoms with Gasteiger partial charge in [0, 0.05) is 12.3 Å². The Morgan fingerprint density at radius 3 is 2.59 bits per heavy atom. The van der Waals surface area contributed by atoms with Crippen molar-refractivity contribution in [2.45, 2.75) is 37.6 Å². The summed E-state index contributed by atoms with van der Waals surface area (Å²) in [5, 5.41) is 4.97. The first-order valence-electron chi connectivity index (χ1n) is 6.85. The third kappa shape index (κ3) is 3.47. The number of carbonyl (C=O) groups is 2. The monoisotopic (exact) mass is 347 g/mol. The molecule has 0 aromatic heterocycles. The zero-order valence-electron chi connectivity index (χ0n) is 13.3. The van der Waals surface area contributed by atoms with Crippen molar-refractivity contribution < 1.29 is 19.1 Å². The van der Waals surface area contributed by atoms with Crippen LogP contribution in [0, 0.1) is 0 Å². The molecule has 2 N–H and O–H groups in total. The van der Waals surface area contributed by atoms with E-state index in [9.17, 15) is 9.59 Å². The number of ether oxygens (including phenoxy) is 2. The summed E-state index contributed by atoms with van der Waals surface area (Å²) in [4.78, 5) is 24.5. The Kier molecular flexibility index (Phi) is 4.88. The molecule has 1 atom stereocenters. The lowest BCUT2D eigenvalue weighted by Gasteiger charge is -2.36. The number of carbonyl (C=O) groups excluding carboxylic acids is 2. The van der Waals surface area contributed by atoms with Gasteiger partial charge in [-0.3, -0.25) is 5.32 Å². The second kappa shape index (κ2) is 6.21. The molecule has 2 aliphatic rings. The molecular weight excluding hydrogens is 326 g/mol. The second-order valence-electron chi connectivity index (χ2n) is 5.81. The number of nitrogens with one attached hydrogen (secondary N) is 2. The Balaban J connectivity index is 2.22. The normalized spacial score (nSPS) is 24.9. The molecule has 1 fully saturated rings. The van der Waals surface area contributed by atoms with Crippen molar-refractivity contribution in [2.24, 2.45) is 0 Å². The van der Waals surface area contributed by atoms with Gasteiger partial charge in [-0.25, -0.2) is 20.0 Å². The van der Waals surface area contributed by atoms with Gasteiger partial charge in [0.15, 0.2) is 0 Å². The maximum atomic E-state index is 12.1. The molecule has 0 saturated carbocycles. The van der Waals surface area contributed by atoms with Gasteiger partial charge in [-0.1, -0.05) is 11.8 Å². The zero-order chi connectivity index (χ0) is 16.5. The minimum Gasteiger partial charge on any atom is -0.465 e. The van der Waals surface area contributed by atoms with Crippen molar-refractivity contribution in [3.05, 3.63) is 10.6 Å². The number of rotatable bonds is 2. The summed E-state index contributed by atoms with van der Waals surface area (Å²) >= 11 is 2.96. The molecule has 1 amide bonds. The minimum absolute atomic E-state index is 0.412. The number of methoxy groups -OCH3 is 1. The van der Waals surface area contributed by atoms with Crippen LogP contribution in [-0.4, -0.2) is 46.4 Å². The first kappa shape index (κ1) is 17.3. The van der Waals surface area contributed by atoms with Gasteiger partial charge in [0.05, 0.1) is 12.8 Å². The molecule has 1 spiro atoms. The Morgan fingerprint density at radius 1 is 1.41 bits per heavy atom. The summed E-state index contributed by atoms with van der Waals surface area (Å²) < 4.78 is 9.48.